The van der Waals surface area contributed by atoms with Crippen LogP contribution < -0.4 is 0 Å². The fourth-order valence-corrected chi connectivity index (χ4v) is 2.08. The van der Waals surface area contributed by atoms with Gasteiger partial charge in [-0.2, -0.15) is 0 Å². The van der Waals surface area contributed by atoms with E-state index in [0.717, 1.165) is 6.42 Å². The number of non-ortho nitro benzene ring substituents is 1. The van der Waals surface area contributed by atoms with Gasteiger partial charge in [-0.3, -0.25) is 14.9 Å². The summed E-state index contributed by atoms with van der Waals surface area (Å²) in [5.41, 5.74) is 0.417. The molecule has 21 heavy (non-hydrogen) atoms. The molecule has 1 aromatic carbocycles. The van der Waals surface area contributed by atoms with Gasteiger partial charge in [0.1, 0.15) is 5.78 Å². The zero-order valence-electron chi connectivity index (χ0n) is 11.4. The molecule has 1 saturated heterocycles. The third kappa shape index (κ3) is 4.59. The topological polar surface area (TPSA) is 98.9 Å². The molecule has 7 nitrogen and oxygen atoms in total. The second kappa shape index (κ2) is 7.26. The summed E-state index contributed by atoms with van der Waals surface area (Å²) in [5.74, 6) is -0.173. The summed E-state index contributed by atoms with van der Waals surface area (Å²) in [4.78, 5) is 21.9. The Morgan fingerprint density at radius 3 is 2.52 bits per heavy atom. The van der Waals surface area contributed by atoms with E-state index in [4.69, 9.17) is 9.47 Å². The molecule has 0 aromatic heterocycles. The molecule has 7 heteroatoms. The first-order chi connectivity index (χ1) is 10.1. The van der Waals surface area contributed by atoms with Gasteiger partial charge >= 0.3 is 0 Å². The highest BCUT2D eigenvalue weighted by molar-refractivity contribution is 5.79. The van der Waals surface area contributed by atoms with Crippen molar-refractivity contribution < 1.29 is 24.3 Å². The smallest absolute Gasteiger partial charge is 0.269 e. The molecule has 114 valence electrons. The Hall–Kier alpha value is -1.83. The summed E-state index contributed by atoms with van der Waals surface area (Å²) in [7, 11) is 0. The molecule has 1 heterocycles. The molecule has 0 radical (unpaired) electrons. The Bertz CT molecular complexity index is 495. The molecule has 0 bridgehead atoms. The summed E-state index contributed by atoms with van der Waals surface area (Å²) < 4.78 is 10.6. The SMILES string of the molecule is O=C(CC1OCCCO1)C[C@H](O)c1ccc([N+](=O)[O-])cc1. The molecule has 0 saturated carbocycles. The van der Waals surface area contributed by atoms with Gasteiger partial charge in [-0.25, -0.2) is 0 Å². The molecule has 2 rings (SSSR count). The van der Waals surface area contributed by atoms with Crippen LogP contribution in [0, 0.1) is 10.1 Å². The molecule has 0 aliphatic carbocycles. The minimum absolute atomic E-state index is 0.0544. The van der Waals surface area contributed by atoms with E-state index in [-0.39, 0.29) is 24.3 Å². The largest absolute Gasteiger partial charge is 0.388 e. The Morgan fingerprint density at radius 1 is 1.33 bits per heavy atom. The van der Waals surface area contributed by atoms with Gasteiger partial charge in [-0.05, 0) is 24.1 Å². The maximum Gasteiger partial charge on any atom is 0.269 e. The van der Waals surface area contributed by atoms with Gasteiger partial charge in [0.15, 0.2) is 6.29 Å². The molecule has 1 fully saturated rings. The summed E-state index contributed by atoms with van der Waals surface area (Å²) in [5, 5.41) is 20.5. The molecule has 1 aliphatic rings. The first kappa shape index (κ1) is 15.6. The fraction of sp³-hybridized carbons (Fsp3) is 0.500. The van der Waals surface area contributed by atoms with Crippen LogP contribution in [0.3, 0.4) is 0 Å². The molecular weight excluding hydrogens is 278 g/mol. The van der Waals surface area contributed by atoms with Gasteiger partial charge in [0, 0.05) is 18.6 Å². The third-order valence-corrected chi connectivity index (χ3v) is 3.20. The number of aliphatic hydroxyl groups is 1. The van der Waals surface area contributed by atoms with Gasteiger partial charge in [-0.1, -0.05) is 0 Å². The van der Waals surface area contributed by atoms with Crippen LogP contribution in [0.2, 0.25) is 0 Å². The number of nitro benzene ring substituents is 1. The van der Waals surface area contributed by atoms with Crippen LogP contribution in [0.4, 0.5) is 5.69 Å². The normalized spacial score (nSPS) is 17.4. The average Bonchev–Trinajstić information content (AvgIpc) is 2.48. The zero-order chi connectivity index (χ0) is 15.2. The minimum Gasteiger partial charge on any atom is -0.388 e. The van der Waals surface area contributed by atoms with Gasteiger partial charge in [0.05, 0.1) is 30.7 Å². The molecule has 1 aromatic rings. The van der Waals surface area contributed by atoms with Crippen molar-refractivity contribution >= 4 is 11.5 Å². The van der Waals surface area contributed by atoms with Crippen LogP contribution in [0.15, 0.2) is 24.3 Å². The first-order valence-corrected chi connectivity index (χ1v) is 6.73. The maximum atomic E-state index is 11.8. The first-order valence-electron chi connectivity index (χ1n) is 6.73. The monoisotopic (exact) mass is 295 g/mol. The Labute approximate surface area is 121 Å². The molecule has 1 aliphatic heterocycles. The van der Waals surface area contributed by atoms with E-state index in [1.807, 2.05) is 0 Å². The predicted octanol–water partition coefficient (Wildman–Crippen LogP) is 1.74. The number of carbonyl (C=O) groups excluding carboxylic acids is 1. The van der Waals surface area contributed by atoms with Crippen LogP contribution in [0.5, 0.6) is 0 Å². The van der Waals surface area contributed by atoms with Gasteiger partial charge in [-0.15, -0.1) is 0 Å². The second-order valence-corrected chi connectivity index (χ2v) is 4.84. The number of nitrogens with zero attached hydrogens (tertiary/aromatic N) is 1. The molecule has 0 unspecified atom stereocenters. The van der Waals surface area contributed by atoms with Crippen molar-refractivity contribution in [1.82, 2.24) is 0 Å². The van der Waals surface area contributed by atoms with Crippen LogP contribution in [-0.2, 0) is 14.3 Å². The van der Waals surface area contributed by atoms with Crippen molar-refractivity contribution in [2.45, 2.75) is 31.7 Å². The average molecular weight is 295 g/mol. The number of ketones is 1. The van der Waals surface area contributed by atoms with Crippen LogP contribution in [-0.4, -0.2) is 35.3 Å². The van der Waals surface area contributed by atoms with Crippen molar-refractivity contribution in [1.29, 1.82) is 0 Å². The molecule has 0 spiro atoms. The molecular formula is C14H17NO6. The highest BCUT2D eigenvalue weighted by Gasteiger charge is 2.21. The fourth-order valence-electron chi connectivity index (χ4n) is 2.08. The van der Waals surface area contributed by atoms with Gasteiger partial charge in [0.2, 0.25) is 0 Å². The Kier molecular flexibility index (Phi) is 5.38. The van der Waals surface area contributed by atoms with Crippen LogP contribution in [0.25, 0.3) is 0 Å². The predicted molar refractivity (Wildman–Crippen MR) is 72.6 cm³/mol. The van der Waals surface area contributed by atoms with Gasteiger partial charge < -0.3 is 14.6 Å². The minimum atomic E-state index is -0.984. The van der Waals surface area contributed by atoms with E-state index in [0.29, 0.717) is 18.8 Å². The number of aliphatic hydroxyl groups excluding tert-OH is 1. The number of Topliss-reactive ketones (excluding diaryl/α,β-unsaturated/α-hetero) is 1. The summed E-state index contributed by atoms with van der Waals surface area (Å²) in [6, 6.07) is 5.50. The van der Waals surface area contributed by atoms with Crippen molar-refractivity contribution in [3.8, 4) is 0 Å². The lowest BCUT2D eigenvalue weighted by Crippen LogP contribution is -2.27. The lowest BCUT2D eigenvalue weighted by molar-refractivity contribution is -0.384. The van der Waals surface area contributed by atoms with Crippen molar-refractivity contribution in [3.63, 3.8) is 0 Å². The number of rotatable bonds is 6. The number of hydrogen-bond acceptors (Lipinski definition) is 6. The highest BCUT2D eigenvalue weighted by Crippen LogP contribution is 2.21. The van der Waals surface area contributed by atoms with Gasteiger partial charge in [0.25, 0.3) is 5.69 Å². The van der Waals surface area contributed by atoms with Crippen molar-refractivity contribution in [3.05, 3.63) is 39.9 Å². The van der Waals surface area contributed by atoms with E-state index in [1.54, 1.807) is 0 Å². The number of benzene rings is 1. The Morgan fingerprint density at radius 2 is 1.95 bits per heavy atom. The standard InChI is InChI=1S/C14H17NO6/c16-12(9-14-20-6-1-7-21-14)8-13(17)10-2-4-11(5-3-10)15(18)19/h2-5,13-14,17H,1,6-9H2/t13-/m0/s1. The highest BCUT2D eigenvalue weighted by atomic mass is 16.7. The molecule has 1 N–H and O–H groups in total. The van der Waals surface area contributed by atoms with E-state index >= 15 is 0 Å². The molecule has 1 atom stereocenters. The quantitative estimate of drug-likeness (QED) is 0.634. The third-order valence-electron chi connectivity index (χ3n) is 3.20. The van der Waals surface area contributed by atoms with E-state index in [9.17, 15) is 20.0 Å². The Balaban J connectivity index is 1.86. The number of hydrogen-bond donors (Lipinski definition) is 1. The van der Waals surface area contributed by atoms with E-state index in [2.05, 4.69) is 0 Å². The van der Waals surface area contributed by atoms with E-state index in [1.165, 1.54) is 24.3 Å². The van der Waals surface area contributed by atoms with Crippen molar-refractivity contribution in [2.75, 3.05) is 13.2 Å². The summed E-state index contributed by atoms with van der Waals surface area (Å²) in [6.07, 6.45) is -0.668. The second-order valence-electron chi connectivity index (χ2n) is 4.84. The maximum absolute atomic E-state index is 11.8. The van der Waals surface area contributed by atoms with Crippen LogP contribution in [0.1, 0.15) is 30.9 Å². The number of carbonyl (C=O) groups is 1. The zero-order valence-corrected chi connectivity index (χ0v) is 11.4. The number of nitro groups is 1. The molecule has 0 amide bonds. The summed E-state index contributed by atoms with van der Waals surface area (Å²) in [6.45, 7) is 1.14. The number of ether oxygens (including phenoxy) is 2. The lowest BCUT2D eigenvalue weighted by Gasteiger charge is -2.22. The van der Waals surface area contributed by atoms with Crippen LogP contribution >= 0.6 is 0 Å². The lowest BCUT2D eigenvalue weighted by atomic mass is 10.0. The van der Waals surface area contributed by atoms with E-state index < -0.39 is 17.3 Å². The van der Waals surface area contributed by atoms with Crippen molar-refractivity contribution in [2.24, 2.45) is 0 Å². The summed E-state index contributed by atoms with van der Waals surface area (Å²) >= 11 is 0.